The number of hydrogen-bond acceptors (Lipinski definition) is 5. The first-order valence-electron chi connectivity index (χ1n) is 3.98. The summed E-state index contributed by atoms with van der Waals surface area (Å²) in [5.41, 5.74) is -0.00895. The molecule has 1 rings (SSSR count). The molecule has 0 spiro atoms. The van der Waals surface area contributed by atoms with Crippen molar-refractivity contribution in [2.24, 2.45) is 0 Å². The Labute approximate surface area is 90.4 Å². The Morgan fingerprint density at radius 2 is 2.20 bits per heavy atom. The van der Waals surface area contributed by atoms with Crippen LogP contribution in [0.5, 0.6) is 0 Å². The van der Waals surface area contributed by atoms with E-state index in [-0.39, 0.29) is 12.1 Å². The number of rotatable bonds is 4. The summed E-state index contributed by atoms with van der Waals surface area (Å²) in [6.07, 6.45) is 0.0954. The standard InChI is InChI=1S/C7H9NO5S2/c1-5-7(8(9)10)4-6(14-5)2-3-15(11,12)13/h4H,2-3H2,1H3,(H,11,12,13). The van der Waals surface area contributed by atoms with Gasteiger partial charge < -0.3 is 0 Å². The van der Waals surface area contributed by atoms with Crippen molar-refractivity contribution >= 4 is 27.1 Å². The summed E-state index contributed by atoms with van der Waals surface area (Å²) in [6, 6.07) is 1.34. The zero-order valence-corrected chi connectivity index (χ0v) is 9.47. The minimum Gasteiger partial charge on any atom is -0.286 e. The Morgan fingerprint density at radius 1 is 1.60 bits per heavy atom. The molecule has 0 saturated heterocycles. The van der Waals surface area contributed by atoms with E-state index in [9.17, 15) is 18.5 Å². The van der Waals surface area contributed by atoms with E-state index >= 15 is 0 Å². The second-order valence-electron chi connectivity index (χ2n) is 2.95. The quantitative estimate of drug-likeness (QED) is 0.495. The van der Waals surface area contributed by atoms with Gasteiger partial charge in [0.25, 0.3) is 15.8 Å². The average molecular weight is 251 g/mol. The zero-order valence-electron chi connectivity index (χ0n) is 7.84. The van der Waals surface area contributed by atoms with Crippen LogP contribution in [0.25, 0.3) is 0 Å². The van der Waals surface area contributed by atoms with E-state index in [4.69, 9.17) is 4.55 Å². The Balaban J connectivity index is 2.81. The van der Waals surface area contributed by atoms with Crippen LogP contribution in [0.4, 0.5) is 5.69 Å². The van der Waals surface area contributed by atoms with Crippen molar-refractivity contribution in [1.82, 2.24) is 0 Å². The molecule has 0 fully saturated rings. The molecule has 0 atom stereocenters. The molecule has 0 bridgehead atoms. The third kappa shape index (κ3) is 3.57. The molecule has 0 radical (unpaired) electrons. The van der Waals surface area contributed by atoms with E-state index in [0.717, 1.165) is 0 Å². The SMILES string of the molecule is Cc1sc(CCS(=O)(=O)O)cc1[N+](=O)[O-]. The van der Waals surface area contributed by atoms with Crippen LogP contribution in [-0.4, -0.2) is 23.6 Å². The molecule has 0 aromatic carbocycles. The molecule has 84 valence electrons. The van der Waals surface area contributed by atoms with Gasteiger partial charge in [0.15, 0.2) is 0 Å². The molecule has 0 amide bonds. The van der Waals surface area contributed by atoms with Gasteiger partial charge in [-0.05, 0) is 13.3 Å². The molecular weight excluding hydrogens is 242 g/mol. The molecule has 1 aromatic heterocycles. The monoisotopic (exact) mass is 251 g/mol. The topological polar surface area (TPSA) is 97.5 Å². The van der Waals surface area contributed by atoms with Crippen LogP contribution < -0.4 is 0 Å². The number of thiophene rings is 1. The number of nitrogens with zero attached hydrogens (tertiary/aromatic N) is 1. The van der Waals surface area contributed by atoms with Gasteiger partial charge in [0, 0.05) is 10.9 Å². The summed E-state index contributed by atoms with van der Waals surface area (Å²) in [6.45, 7) is 1.60. The van der Waals surface area contributed by atoms with Gasteiger partial charge in [0.2, 0.25) is 0 Å². The second kappa shape index (κ2) is 4.25. The van der Waals surface area contributed by atoms with Gasteiger partial charge in [-0.1, -0.05) is 0 Å². The van der Waals surface area contributed by atoms with Crippen molar-refractivity contribution in [2.45, 2.75) is 13.3 Å². The molecule has 0 saturated carbocycles. The van der Waals surface area contributed by atoms with Crippen molar-refractivity contribution in [2.75, 3.05) is 5.75 Å². The highest BCUT2D eigenvalue weighted by Crippen LogP contribution is 2.28. The highest BCUT2D eigenvalue weighted by atomic mass is 32.2. The number of aryl methyl sites for hydroxylation is 2. The maximum Gasteiger partial charge on any atom is 0.283 e. The van der Waals surface area contributed by atoms with Crippen LogP contribution in [0.1, 0.15) is 9.75 Å². The predicted molar refractivity (Wildman–Crippen MR) is 55.8 cm³/mol. The third-order valence-electron chi connectivity index (χ3n) is 1.75. The highest BCUT2D eigenvalue weighted by molar-refractivity contribution is 7.85. The Bertz CT molecular complexity index is 476. The third-order valence-corrected chi connectivity index (χ3v) is 3.57. The van der Waals surface area contributed by atoms with Crippen molar-refractivity contribution in [3.8, 4) is 0 Å². The molecule has 15 heavy (non-hydrogen) atoms. The summed E-state index contributed by atoms with van der Waals surface area (Å²) < 4.78 is 29.4. The molecule has 1 aromatic rings. The van der Waals surface area contributed by atoms with Gasteiger partial charge in [-0.2, -0.15) is 8.42 Å². The summed E-state index contributed by atoms with van der Waals surface area (Å²) in [5.74, 6) is -0.413. The van der Waals surface area contributed by atoms with Gasteiger partial charge in [0.1, 0.15) is 0 Å². The maximum atomic E-state index is 10.5. The van der Waals surface area contributed by atoms with E-state index in [1.54, 1.807) is 6.92 Å². The Morgan fingerprint density at radius 3 is 2.60 bits per heavy atom. The largest absolute Gasteiger partial charge is 0.286 e. The zero-order chi connectivity index (χ0) is 11.6. The molecule has 0 aliphatic heterocycles. The lowest BCUT2D eigenvalue weighted by molar-refractivity contribution is -0.385. The van der Waals surface area contributed by atoms with Crippen LogP contribution in [0.15, 0.2) is 6.07 Å². The minimum atomic E-state index is -4.01. The summed E-state index contributed by atoms with van der Waals surface area (Å²) in [4.78, 5) is 11.1. The lowest BCUT2D eigenvalue weighted by Gasteiger charge is -1.92. The van der Waals surface area contributed by atoms with Gasteiger partial charge in [0.05, 0.1) is 15.6 Å². The van der Waals surface area contributed by atoms with Gasteiger partial charge in [-0.3, -0.25) is 14.7 Å². The van der Waals surface area contributed by atoms with Gasteiger partial charge in [-0.15, -0.1) is 11.3 Å². The molecule has 0 aliphatic rings. The van der Waals surface area contributed by atoms with Crippen LogP contribution in [0, 0.1) is 17.0 Å². The second-order valence-corrected chi connectivity index (χ2v) is 5.86. The summed E-state index contributed by atoms with van der Waals surface area (Å²) in [5, 5.41) is 10.5. The van der Waals surface area contributed by atoms with Crippen LogP contribution in [0.2, 0.25) is 0 Å². The molecule has 6 nitrogen and oxygen atoms in total. The fraction of sp³-hybridized carbons (Fsp3) is 0.429. The van der Waals surface area contributed by atoms with Crippen molar-refractivity contribution in [3.05, 3.63) is 25.9 Å². The Hall–Kier alpha value is -0.990. The van der Waals surface area contributed by atoms with E-state index in [0.29, 0.717) is 9.75 Å². The van der Waals surface area contributed by atoms with Gasteiger partial charge in [-0.25, -0.2) is 0 Å². The fourth-order valence-corrected chi connectivity index (χ4v) is 2.68. The first kappa shape index (κ1) is 12.1. The first-order valence-corrected chi connectivity index (χ1v) is 6.41. The molecule has 1 heterocycles. The summed E-state index contributed by atoms with van der Waals surface area (Å²) in [7, 11) is -4.01. The molecular formula is C7H9NO5S2. The molecule has 0 aliphatic carbocycles. The van der Waals surface area contributed by atoms with E-state index < -0.39 is 20.8 Å². The molecule has 0 unspecified atom stereocenters. The smallest absolute Gasteiger partial charge is 0.283 e. The predicted octanol–water partition coefficient (Wildman–Crippen LogP) is 1.40. The van der Waals surface area contributed by atoms with E-state index in [1.807, 2.05) is 0 Å². The Kier molecular flexibility index (Phi) is 3.42. The van der Waals surface area contributed by atoms with Crippen molar-refractivity contribution in [1.29, 1.82) is 0 Å². The molecule has 8 heteroatoms. The number of nitro groups is 1. The average Bonchev–Trinajstić information content (AvgIpc) is 2.42. The number of hydrogen-bond donors (Lipinski definition) is 1. The van der Waals surface area contributed by atoms with Crippen LogP contribution in [0.3, 0.4) is 0 Å². The first-order chi connectivity index (χ1) is 6.79. The highest BCUT2D eigenvalue weighted by Gasteiger charge is 2.16. The minimum absolute atomic E-state index is 0.00895. The lowest BCUT2D eigenvalue weighted by atomic mass is 10.3. The normalized spacial score (nSPS) is 11.6. The van der Waals surface area contributed by atoms with Crippen molar-refractivity contribution in [3.63, 3.8) is 0 Å². The molecule has 1 N–H and O–H groups in total. The summed E-state index contributed by atoms with van der Waals surface area (Å²) >= 11 is 1.17. The maximum absolute atomic E-state index is 10.5. The van der Waals surface area contributed by atoms with E-state index in [2.05, 4.69) is 0 Å². The van der Waals surface area contributed by atoms with Crippen molar-refractivity contribution < 1.29 is 17.9 Å². The van der Waals surface area contributed by atoms with Gasteiger partial charge >= 0.3 is 0 Å². The van der Waals surface area contributed by atoms with E-state index in [1.165, 1.54) is 17.4 Å². The van der Waals surface area contributed by atoms with Crippen LogP contribution in [-0.2, 0) is 16.5 Å². The van der Waals surface area contributed by atoms with Crippen LogP contribution >= 0.6 is 11.3 Å². The lowest BCUT2D eigenvalue weighted by Crippen LogP contribution is -2.05. The fourth-order valence-electron chi connectivity index (χ4n) is 1.07.